The Morgan fingerprint density at radius 3 is 3.04 bits per heavy atom. The van der Waals surface area contributed by atoms with Gasteiger partial charge in [-0.2, -0.15) is 0 Å². The summed E-state index contributed by atoms with van der Waals surface area (Å²) < 4.78 is 10.8. The summed E-state index contributed by atoms with van der Waals surface area (Å²) in [6, 6.07) is 7.17. The number of rotatable bonds is 5. The van der Waals surface area contributed by atoms with E-state index in [9.17, 15) is 4.79 Å². The van der Waals surface area contributed by atoms with Gasteiger partial charge < -0.3 is 25.0 Å². The maximum Gasteiger partial charge on any atom is 0.243 e. The fourth-order valence-corrected chi connectivity index (χ4v) is 2.58. The van der Waals surface area contributed by atoms with E-state index in [0.29, 0.717) is 38.0 Å². The number of guanidine groups is 1. The van der Waals surface area contributed by atoms with Crippen molar-refractivity contribution in [3.05, 3.63) is 29.8 Å². The van der Waals surface area contributed by atoms with E-state index in [0.717, 1.165) is 5.56 Å². The second kappa shape index (κ2) is 11.7. The number of carbonyl (C=O) groups is 1. The Morgan fingerprint density at radius 1 is 1.54 bits per heavy atom. The Kier molecular flexibility index (Phi) is 10.0. The number of nitrogens with zero attached hydrogens (tertiary/aromatic N) is 2. The van der Waals surface area contributed by atoms with Crippen LogP contribution in [0.15, 0.2) is 29.3 Å². The molecule has 1 aliphatic rings. The van der Waals surface area contributed by atoms with E-state index in [2.05, 4.69) is 26.4 Å². The molecule has 0 saturated carbocycles. The third kappa shape index (κ3) is 6.82. The minimum Gasteiger partial charge on any atom is -0.382 e. The van der Waals surface area contributed by atoms with Crippen molar-refractivity contribution in [2.75, 3.05) is 52.3 Å². The largest absolute Gasteiger partial charge is 0.382 e. The van der Waals surface area contributed by atoms with Crippen LogP contribution in [0.1, 0.15) is 5.56 Å². The smallest absolute Gasteiger partial charge is 0.243 e. The van der Waals surface area contributed by atoms with Crippen LogP contribution in [0.25, 0.3) is 0 Å². The molecule has 26 heavy (non-hydrogen) atoms. The summed E-state index contributed by atoms with van der Waals surface area (Å²) in [7, 11) is 3.34. The molecule has 8 heteroatoms. The highest BCUT2D eigenvalue weighted by Gasteiger charge is 2.23. The van der Waals surface area contributed by atoms with Crippen LogP contribution >= 0.6 is 24.0 Å². The molecule has 2 rings (SSSR count). The molecule has 0 aliphatic carbocycles. The minimum absolute atomic E-state index is 0. The zero-order valence-electron chi connectivity index (χ0n) is 15.0. The lowest BCUT2D eigenvalue weighted by atomic mass is 10.2. The molecule has 0 bridgehead atoms. The topological polar surface area (TPSA) is 75.2 Å². The van der Waals surface area contributed by atoms with Gasteiger partial charge in [-0.15, -0.1) is 30.4 Å². The quantitative estimate of drug-likeness (QED) is 0.291. The van der Waals surface area contributed by atoms with E-state index in [1.165, 1.54) is 0 Å². The molecule has 1 atom stereocenters. The molecule has 0 radical (unpaired) electrons. The molecule has 1 amide bonds. The Balaban J connectivity index is 0.00000338. The van der Waals surface area contributed by atoms with Gasteiger partial charge in [-0.3, -0.25) is 9.79 Å². The van der Waals surface area contributed by atoms with Crippen LogP contribution < -0.4 is 10.6 Å². The zero-order valence-corrected chi connectivity index (χ0v) is 17.4. The summed E-state index contributed by atoms with van der Waals surface area (Å²) in [5.74, 6) is 3.04. The van der Waals surface area contributed by atoms with Gasteiger partial charge in [-0.1, -0.05) is 12.0 Å². The molecule has 1 fully saturated rings. The summed E-state index contributed by atoms with van der Waals surface area (Å²) in [5, 5.41) is 5.89. The van der Waals surface area contributed by atoms with Crippen LogP contribution in [0.3, 0.4) is 0 Å². The summed E-state index contributed by atoms with van der Waals surface area (Å²) >= 11 is 0. The Hall–Kier alpha value is -1.83. The van der Waals surface area contributed by atoms with Gasteiger partial charge in [0.1, 0.15) is 0 Å². The first-order valence-electron chi connectivity index (χ1n) is 8.09. The molecule has 0 aromatic heterocycles. The Morgan fingerprint density at radius 2 is 2.35 bits per heavy atom. The number of methoxy groups -OCH3 is 1. The fraction of sp³-hybridized carbons (Fsp3) is 0.444. The highest BCUT2D eigenvalue weighted by Crippen LogP contribution is 2.09. The molecule has 2 N–H and O–H groups in total. The van der Waals surface area contributed by atoms with Crippen LogP contribution in [0, 0.1) is 12.3 Å². The number of benzene rings is 1. The lowest BCUT2D eigenvalue weighted by Gasteiger charge is -2.34. The number of halogens is 1. The summed E-state index contributed by atoms with van der Waals surface area (Å²) in [5.41, 5.74) is 1.39. The number of hydrogen-bond donors (Lipinski definition) is 2. The lowest BCUT2D eigenvalue weighted by molar-refractivity contribution is -0.115. The average molecular weight is 472 g/mol. The molecular formula is C18H25IN4O3. The lowest BCUT2D eigenvalue weighted by Crippen LogP contribution is -2.52. The molecule has 7 nitrogen and oxygen atoms in total. The monoisotopic (exact) mass is 472 g/mol. The van der Waals surface area contributed by atoms with Crippen molar-refractivity contribution < 1.29 is 14.3 Å². The standard InChI is InChI=1S/C18H24N4O3.HI/c1-4-14-6-5-7-15(10-14)21-17(23)11-20-18(19-2)22-8-9-25-16(12-22)13-24-3;/h1,5-7,10,16H,8-9,11-13H2,2-3H3,(H,19,20)(H,21,23);1H. The summed E-state index contributed by atoms with van der Waals surface area (Å²) in [4.78, 5) is 18.4. The highest BCUT2D eigenvalue weighted by molar-refractivity contribution is 14.0. The van der Waals surface area contributed by atoms with E-state index in [-0.39, 0.29) is 42.5 Å². The van der Waals surface area contributed by atoms with Gasteiger partial charge in [-0.05, 0) is 18.2 Å². The number of hydrogen-bond acceptors (Lipinski definition) is 4. The SMILES string of the molecule is C#Cc1cccc(NC(=O)CNC(=NC)N2CCOC(COC)C2)c1.I. The predicted molar refractivity (Wildman–Crippen MR) is 113 cm³/mol. The van der Waals surface area contributed by atoms with Crippen LogP contribution in [-0.2, 0) is 14.3 Å². The van der Waals surface area contributed by atoms with E-state index >= 15 is 0 Å². The van der Waals surface area contributed by atoms with Gasteiger partial charge in [0.15, 0.2) is 5.96 Å². The molecule has 142 valence electrons. The molecule has 1 aliphatic heterocycles. The molecule has 1 aromatic carbocycles. The molecule has 1 unspecified atom stereocenters. The Labute approximate surface area is 171 Å². The van der Waals surface area contributed by atoms with Gasteiger partial charge in [0.25, 0.3) is 0 Å². The van der Waals surface area contributed by atoms with E-state index in [4.69, 9.17) is 15.9 Å². The number of morpholine rings is 1. The van der Waals surface area contributed by atoms with Gasteiger partial charge in [-0.25, -0.2) is 0 Å². The molecule has 1 heterocycles. The normalized spacial score (nSPS) is 17.0. The first-order valence-corrected chi connectivity index (χ1v) is 8.09. The second-order valence-corrected chi connectivity index (χ2v) is 5.57. The minimum atomic E-state index is -0.169. The number of ether oxygens (including phenoxy) is 2. The first kappa shape index (κ1) is 22.2. The first-order chi connectivity index (χ1) is 12.2. The van der Waals surface area contributed by atoms with Crippen molar-refractivity contribution in [2.45, 2.75) is 6.10 Å². The fourth-order valence-electron chi connectivity index (χ4n) is 2.58. The van der Waals surface area contributed by atoms with Gasteiger partial charge >= 0.3 is 0 Å². The van der Waals surface area contributed by atoms with Crippen molar-refractivity contribution in [3.63, 3.8) is 0 Å². The zero-order chi connectivity index (χ0) is 18.1. The van der Waals surface area contributed by atoms with Crippen LogP contribution in [-0.4, -0.2) is 69.9 Å². The predicted octanol–water partition coefficient (Wildman–Crippen LogP) is 1.15. The van der Waals surface area contributed by atoms with Crippen LogP contribution in [0.2, 0.25) is 0 Å². The van der Waals surface area contributed by atoms with Crippen molar-refractivity contribution in [1.29, 1.82) is 0 Å². The number of aliphatic imine (C=N–C) groups is 1. The van der Waals surface area contributed by atoms with E-state index in [1.54, 1.807) is 32.4 Å². The highest BCUT2D eigenvalue weighted by atomic mass is 127. The summed E-state index contributed by atoms with van der Waals surface area (Å²) in [6.45, 7) is 2.61. The Bertz CT molecular complexity index is 658. The third-order valence-corrected chi connectivity index (χ3v) is 3.72. The maximum absolute atomic E-state index is 12.1. The second-order valence-electron chi connectivity index (χ2n) is 5.57. The van der Waals surface area contributed by atoms with Gasteiger partial charge in [0, 0.05) is 38.5 Å². The molecule has 0 spiro atoms. The van der Waals surface area contributed by atoms with E-state index < -0.39 is 0 Å². The van der Waals surface area contributed by atoms with Crippen LogP contribution in [0.4, 0.5) is 5.69 Å². The third-order valence-electron chi connectivity index (χ3n) is 3.72. The molecular weight excluding hydrogens is 447 g/mol. The van der Waals surface area contributed by atoms with Gasteiger partial charge in [0.2, 0.25) is 5.91 Å². The number of anilines is 1. The van der Waals surface area contributed by atoms with Crippen molar-refractivity contribution in [1.82, 2.24) is 10.2 Å². The van der Waals surface area contributed by atoms with E-state index in [1.807, 2.05) is 6.07 Å². The number of terminal acetylenes is 1. The molecule has 1 aromatic rings. The maximum atomic E-state index is 12.1. The molecule has 1 saturated heterocycles. The number of amides is 1. The van der Waals surface area contributed by atoms with Gasteiger partial charge in [0.05, 0.1) is 25.9 Å². The number of carbonyl (C=O) groups excluding carboxylic acids is 1. The van der Waals surface area contributed by atoms with Crippen molar-refractivity contribution >= 4 is 41.5 Å². The van der Waals surface area contributed by atoms with Crippen molar-refractivity contribution in [2.24, 2.45) is 4.99 Å². The average Bonchev–Trinajstić information content (AvgIpc) is 2.63. The summed E-state index contributed by atoms with van der Waals surface area (Å²) in [6.07, 6.45) is 5.36. The van der Waals surface area contributed by atoms with Crippen LogP contribution in [0.5, 0.6) is 0 Å². The van der Waals surface area contributed by atoms with Crippen molar-refractivity contribution in [3.8, 4) is 12.3 Å². The number of nitrogens with one attached hydrogen (secondary N) is 2.